The number of aliphatic hydroxyl groups is 2. The van der Waals surface area contributed by atoms with Crippen molar-refractivity contribution in [1.29, 1.82) is 0 Å². The molecule has 1 atom stereocenters. The van der Waals surface area contributed by atoms with Gasteiger partial charge in [-0.05, 0) is 31.0 Å². The minimum Gasteiger partial charge on any atom is -0.395 e. The molecule has 5 nitrogen and oxygen atoms in total. The van der Waals surface area contributed by atoms with Crippen LogP contribution in [-0.4, -0.2) is 40.8 Å². The SMILES string of the molecule is CCCN(CCO)C(=O)Nc1cccc(C(C)O)c1. The molecule has 0 aliphatic rings. The van der Waals surface area contributed by atoms with Crippen LogP contribution in [0.25, 0.3) is 0 Å². The van der Waals surface area contributed by atoms with E-state index in [4.69, 9.17) is 5.11 Å². The molecule has 3 N–H and O–H groups in total. The average molecular weight is 266 g/mol. The lowest BCUT2D eigenvalue weighted by Crippen LogP contribution is -2.37. The Morgan fingerprint density at radius 3 is 2.74 bits per heavy atom. The highest BCUT2D eigenvalue weighted by molar-refractivity contribution is 5.89. The standard InChI is InChI=1S/C14H22N2O3/c1-3-7-16(8-9-17)14(19)15-13-6-4-5-12(10-13)11(2)18/h4-6,10-11,17-18H,3,7-9H2,1-2H3,(H,15,19). The van der Waals surface area contributed by atoms with Gasteiger partial charge < -0.3 is 20.4 Å². The minimum absolute atomic E-state index is 0.0544. The van der Waals surface area contributed by atoms with Crippen LogP contribution < -0.4 is 5.32 Å². The van der Waals surface area contributed by atoms with Gasteiger partial charge in [-0.2, -0.15) is 0 Å². The molecule has 19 heavy (non-hydrogen) atoms. The molecule has 0 fully saturated rings. The van der Waals surface area contributed by atoms with Crippen molar-refractivity contribution in [3.8, 4) is 0 Å². The molecule has 0 aliphatic carbocycles. The Balaban J connectivity index is 2.71. The molecule has 0 radical (unpaired) electrons. The summed E-state index contributed by atoms with van der Waals surface area (Å²) in [5, 5.41) is 21.2. The van der Waals surface area contributed by atoms with Crippen molar-refractivity contribution >= 4 is 11.7 Å². The monoisotopic (exact) mass is 266 g/mol. The van der Waals surface area contributed by atoms with E-state index >= 15 is 0 Å². The summed E-state index contributed by atoms with van der Waals surface area (Å²) in [6, 6.07) is 6.86. The fourth-order valence-electron chi connectivity index (χ4n) is 1.78. The Morgan fingerprint density at radius 2 is 2.16 bits per heavy atom. The van der Waals surface area contributed by atoms with Gasteiger partial charge in [0.2, 0.25) is 0 Å². The predicted octanol–water partition coefficient (Wildman–Crippen LogP) is 1.98. The number of carbonyl (C=O) groups excluding carboxylic acids is 1. The number of anilines is 1. The lowest BCUT2D eigenvalue weighted by Gasteiger charge is -2.21. The van der Waals surface area contributed by atoms with Crippen LogP contribution in [0.2, 0.25) is 0 Å². The number of nitrogens with zero attached hydrogens (tertiary/aromatic N) is 1. The van der Waals surface area contributed by atoms with Gasteiger partial charge in [0.1, 0.15) is 0 Å². The van der Waals surface area contributed by atoms with Gasteiger partial charge >= 0.3 is 6.03 Å². The summed E-state index contributed by atoms with van der Waals surface area (Å²) in [6.45, 7) is 4.52. The zero-order chi connectivity index (χ0) is 14.3. The summed E-state index contributed by atoms with van der Waals surface area (Å²) in [5.41, 5.74) is 1.39. The first-order chi connectivity index (χ1) is 9.08. The summed E-state index contributed by atoms with van der Waals surface area (Å²) in [5.74, 6) is 0. The Labute approximate surface area is 113 Å². The van der Waals surface area contributed by atoms with E-state index in [-0.39, 0.29) is 12.6 Å². The number of aliphatic hydroxyl groups excluding tert-OH is 2. The summed E-state index contributed by atoms with van der Waals surface area (Å²) in [4.78, 5) is 13.6. The van der Waals surface area contributed by atoms with Crippen LogP contribution in [0.1, 0.15) is 31.9 Å². The third-order valence-electron chi connectivity index (χ3n) is 2.77. The van der Waals surface area contributed by atoms with Crippen LogP contribution in [0.5, 0.6) is 0 Å². The summed E-state index contributed by atoms with van der Waals surface area (Å²) < 4.78 is 0. The second kappa shape index (κ2) is 7.76. The van der Waals surface area contributed by atoms with E-state index in [0.29, 0.717) is 18.8 Å². The van der Waals surface area contributed by atoms with E-state index in [2.05, 4.69) is 5.32 Å². The van der Waals surface area contributed by atoms with Gasteiger partial charge in [-0.15, -0.1) is 0 Å². The molecule has 0 saturated heterocycles. The summed E-state index contributed by atoms with van der Waals surface area (Å²) >= 11 is 0. The highest BCUT2D eigenvalue weighted by Gasteiger charge is 2.12. The number of hydrogen-bond acceptors (Lipinski definition) is 3. The van der Waals surface area contributed by atoms with Crippen LogP contribution in [0.3, 0.4) is 0 Å². The molecule has 0 spiro atoms. The van der Waals surface area contributed by atoms with Gasteiger partial charge in [0, 0.05) is 18.8 Å². The van der Waals surface area contributed by atoms with E-state index in [1.807, 2.05) is 6.92 Å². The summed E-state index contributed by atoms with van der Waals surface area (Å²) in [6.07, 6.45) is 0.266. The number of carbonyl (C=O) groups is 1. The first kappa shape index (κ1) is 15.5. The second-order valence-corrected chi connectivity index (χ2v) is 4.44. The van der Waals surface area contributed by atoms with Crippen LogP contribution in [-0.2, 0) is 0 Å². The maximum atomic E-state index is 12.0. The molecule has 0 saturated carbocycles. The number of rotatable bonds is 6. The first-order valence-electron chi connectivity index (χ1n) is 6.53. The Kier molecular flexibility index (Phi) is 6.32. The Morgan fingerprint density at radius 1 is 1.42 bits per heavy atom. The normalized spacial score (nSPS) is 12.0. The molecule has 1 rings (SSSR count). The molecule has 1 aromatic carbocycles. The molecular weight excluding hydrogens is 244 g/mol. The zero-order valence-corrected chi connectivity index (χ0v) is 11.5. The highest BCUT2D eigenvalue weighted by Crippen LogP contribution is 2.17. The molecule has 0 aliphatic heterocycles. The fraction of sp³-hybridized carbons (Fsp3) is 0.500. The van der Waals surface area contributed by atoms with E-state index in [0.717, 1.165) is 12.0 Å². The van der Waals surface area contributed by atoms with E-state index in [9.17, 15) is 9.90 Å². The Hall–Kier alpha value is -1.59. The molecule has 1 unspecified atom stereocenters. The van der Waals surface area contributed by atoms with Gasteiger partial charge in [0.05, 0.1) is 12.7 Å². The third-order valence-corrected chi connectivity index (χ3v) is 2.77. The first-order valence-corrected chi connectivity index (χ1v) is 6.53. The van der Waals surface area contributed by atoms with Crippen molar-refractivity contribution in [3.05, 3.63) is 29.8 Å². The molecule has 2 amide bonds. The van der Waals surface area contributed by atoms with Crippen molar-refractivity contribution in [3.63, 3.8) is 0 Å². The van der Waals surface area contributed by atoms with Crippen LogP contribution in [0.4, 0.5) is 10.5 Å². The minimum atomic E-state index is -0.568. The maximum absolute atomic E-state index is 12.0. The average Bonchev–Trinajstić information content (AvgIpc) is 2.38. The topological polar surface area (TPSA) is 72.8 Å². The number of amides is 2. The van der Waals surface area contributed by atoms with Crippen molar-refractivity contribution in [2.45, 2.75) is 26.4 Å². The van der Waals surface area contributed by atoms with Crippen molar-refractivity contribution < 1.29 is 15.0 Å². The fourth-order valence-corrected chi connectivity index (χ4v) is 1.78. The Bertz CT molecular complexity index is 401. The van der Waals surface area contributed by atoms with Crippen LogP contribution >= 0.6 is 0 Å². The van der Waals surface area contributed by atoms with E-state index in [1.54, 1.807) is 36.1 Å². The number of urea groups is 1. The predicted molar refractivity (Wildman–Crippen MR) is 75.0 cm³/mol. The lowest BCUT2D eigenvalue weighted by atomic mass is 10.1. The largest absolute Gasteiger partial charge is 0.395 e. The number of benzene rings is 1. The molecule has 5 heteroatoms. The van der Waals surface area contributed by atoms with Gasteiger partial charge in [-0.1, -0.05) is 19.1 Å². The number of nitrogens with one attached hydrogen (secondary N) is 1. The molecule has 0 bridgehead atoms. The van der Waals surface area contributed by atoms with E-state index < -0.39 is 6.10 Å². The van der Waals surface area contributed by atoms with Gasteiger partial charge in [0.15, 0.2) is 0 Å². The van der Waals surface area contributed by atoms with Crippen LogP contribution in [0.15, 0.2) is 24.3 Å². The van der Waals surface area contributed by atoms with Crippen molar-refractivity contribution in [1.82, 2.24) is 4.90 Å². The highest BCUT2D eigenvalue weighted by atomic mass is 16.3. The second-order valence-electron chi connectivity index (χ2n) is 4.44. The summed E-state index contributed by atoms with van der Waals surface area (Å²) in [7, 11) is 0. The van der Waals surface area contributed by atoms with Crippen molar-refractivity contribution in [2.24, 2.45) is 0 Å². The maximum Gasteiger partial charge on any atom is 0.321 e. The smallest absolute Gasteiger partial charge is 0.321 e. The molecule has 0 heterocycles. The molecular formula is C14H22N2O3. The lowest BCUT2D eigenvalue weighted by molar-refractivity contribution is 0.188. The van der Waals surface area contributed by atoms with Gasteiger partial charge in [-0.3, -0.25) is 0 Å². The molecule has 1 aromatic rings. The number of hydrogen-bond donors (Lipinski definition) is 3. The third kappa shape index (κ3) is 4.89. The van der Waals surface area contributed by atoms with Gasteiger partial charge in [0.25, 0.3) is 0 Å². The van der Waals surface area contributed by atoms with Crippen molar-refractivity contribution in [2.75, 3.05) is 25.0 Å². The van der Waals surface area contributed by atoms with E-state index in [1.165, 1.54) is 0 Å². The molecule has 0 aromatic heterocycles. The van der Waals surface area contributed by atoms with Crippen LogP contribution in [0, 0.1) is 0 Å². The molecule has 106 valence electrons. The quantitative estimate of drug-likeness (QED) is 0.737. The van der Waals surface area contributed by atoms with Gasteiger partial charge in [-0.25, -0.2) is 4.79 Å². The zero-order valence-electron chi connectivity index (χ0n) is 11.5.